The third-order valence-corrected chi connectivity index (χ3v) is 1.69. The van der Waals surface area contributed by atoms with Crippen LogP contribution in [0.3, 0.4) is 0 Å². The second-order valence-corrected chi connectivity index (χ2v) is 2.70. The summed E-state index contributed by atoms with van der Waals surface area (Å²) in [6.07, 6.45) is 0. The largest absolute Gasteiger partial charge is 0.482 e. The molecule has 1 aromatic rings. The summed E-state index contributed by atoms with van der Waals surface area (Å²) < 4.78 is 0. The van der Waals surface area contributed by atoms with Crippen molar-refractivity contribution in [1.29, 1.82) is 0 Å². The first kappa shape index (κ1) is 9.32. The Hall–Kier alpha value is -0.765. The van der Waals surface area contributed by atoms with Gasteiger partial charge in [-0.15, -0.1) is 0 Å². The zero-order valence-corrected chi connectivity index (χ0v) is 7.07. The fraction of sp³-hybridized carbons (Fsp3) is 0. The molecule has 0 spiro atoms. The summed E-state index contributed by atoms with van der Waals surface area (Å²) in [5.74, 6) is 1.16. The van der Waals surface area contributed by atoms with Crippen LogP contribution in [0, 0.1) is 0 Å². The van der Waals surface area contributed by atoms with Crippen LogP contribution in [0.2, 0.25) is 0 Å². The van der Waals surface area contributed by atoms with E-state index < -0.39 is 7.12 Å². The number of rotatable bonds is 2. The highest BCUT2D eigenvalue weighted by molar-refractivity contribution is 6.58. The highest BCUT2D eigenvalue weighted by Crippen LogP contribution is 2.17. The standard InChI is InChI=1S/C8H8BClO2/c10-8(6-9(11)12)7-4-2-1-3-5-7/h1-6,11-12H/b8-6-. The SMILES string of the molecule is OB(O)/C=C(\Cl)c1ccccc1. The third-order valence-electron chi connectivity index (χ3n) is 1.34. The van der Waals surface area contributed by atoms with Crippen molar-refractivity contribution in [2.24, 2.45) is 0 Å². The lowest BCUT2D eigenvalue weighted by Gasteiger charge is -1.97. The average molecular weight is 182 g/mol. The summed E-state index contributed by atoms with van der Waals surface area (Å²) in [6.45, 7) is 0. The normalized spacial score (nSPS) is 11.4. The van der Waals surface area contributed by atoms with Gasteiger partial charge in [-0.2, -0.15) is 0 Å². The molecule has 0 aliphatic carbocycles. The van der Waals surface area contributed by atoms with E-state index in [9.17, 15) is 0 Å². The fourth-order valence-corrected chi connectivity index (χ4v) is 1.06. The maximum absolute atomic E-state index is 8.58. The van der Waals surface area contributed by atoms with Crippen molar-refractivity contribution < 1.29 is 10.0 Å². The zero-order valence-electron chi connectivity index (χ0n) is 6.31. The summed E-state index contributed by atoms with van der Waals surface area (Å²) in [5.41, 5.74) is 0.771. The van der Waals surface area contributed by atoms with E-state index in [4.69, 9.17) is 21.6 Å². The van der Waals surface area contributed by atoms with Crippen LogP contribution in [-0.4, -0.2) is 17.2 Å². The Balaban J connectivity index is 2.85. The van der Waals surface area contributed by atoms with Crippen LogP contribution < -0.4 is 0 Å². The minimum Gasteiger partial charge on any atom is -0.424 e. The van der Waals surface area contributed by atoms with Gasteiger partial charge in [0.1, 0.15) is 0 Å². The number of hydrogen-bond acceptors (Lipinski definition) is 2. The monoisotopic (exact) mass is 182 g/mol. The van der Waals surface area contributed by atoms with Gasteiger partial charge in [-0.25, -0.2) is 0 Å². The molecular formula is C8H8BClO2. The van der Waals surface area contributed by atoms with Crippen molar-refractivity contribution in [2.75, 3.05) is 0 Å². The Bertz CT molecular complexity index is 272. The van der Waals surface area contributed by atoms with Crippen LogP contribution in [0.1, 0.15) is 5.56 Å². The number of hydrogen-bond donors (Lipinski definition) is 2. The molecule has 0 atom stereocenters. The highest BCUT2D eigenvalue weighted by atomic mass is 35.5. The molecule has 1 rings (SSSR count). The lowest BCUT2D eigenvalue weighted by atomic mass is 9.90. The predicted octanol–water partition coefficient (Wildman–Crippen LogP) is 1.28. The third kappa shape index (κ3) is 2.70. The quantitative estimate of drug-likeness (QED) is 0.677. The first-order valence-electron chi connectivity index (χ1n) is 3.49. The molecule has 62 valence electrons. The average Bonchev–Trinajstić information content (AvgIpc) is 2.05. The van der Waals surface area contributed by atoms with Gasteiger partial charge in [0.05, 0.1) is 0 Å². The lowest BCUT2D eigenvalue weighted by Crippen LogP contribution is -2.06. The molecule has 0 aliphatic rings. The van der Waals surface area contributed by atoms with E-state index in [1.807, 2.05) is 18.2 Å². The van der Waals surface area contributed by atoms with E-state index in [-0.39, 0.29) is 0 Å². The predicted molar refractivity (Wildman–Crippen MR) is 50.5 cm³/mol. The molecule has 0 radical (unpaired) electrons. The first-order chi connectivity index (χ1) is 5.70. The Morgan fingerprint density at radius 2 is 1.83 bits per heavy atom. The van der Waals surface area contributed by atoms with E-state index in [2.05, 4.69) is 0 Å². The van der Waals surface area contributed by atoms with E-state index >= 15 is 0 Å². The smallest absolute Gasteiger partial charge is 0.424 e. The molecule has 0 saturated heterocycles. The second kappa shape index (κ2) is 4.31. The van der Waals surface area contributed by atoms with Gasteiger partial charge in [0.15, 0.2) is 0 Å². The summed E-state index contributed by atoms with van der Waals surface area (Å²) >= 11 is 5.74. The Labute approximate surface area is 76.3 Å². The summed E-state index contributed by atoms with van der Waals surface area (Å²) in [4.78, 5) is 0. The molecule has 0 aliphatic heterocycles. The molecule has 1 aromatic carbocycles. The molecule has 0 bridgehead atoms. The minimum absolute atomic E-state index is 0.339. The lowest BCUT2D eigenvalue weighted by molar-refractivity contribution is 0.424. The molecule has 2 N–H and O–H groups in total. The van der Waals surface area contributed by atoms with E-state index in [0.29, 0.717) is 5.03 Å². The van der Waals surface area contributed by atoms with Crippen molar-refractivity contribution >= 4 is 23.8 Å². The molecule has 0 amide bonds. The van der Waals surface area contributed by atoms with E-state index in [1.54, 1.807) is 12.1 Å². The molecule has 0 fully saturated rings. The van der Waals surface area contributed by atoms with E-state index in [1.165, 1.54) is 0 Å². The van der Waals surface area contributed by atoms with Gasteiger partial charge in [-0.05, 0) is 11.5 Å². The van der Waals surface area contributed by atoms with Crippen LogP contribution in [0.5, 0.6) is 0 Å². The summed E-state index contributed by atoms with van der Waals surface area (Å²) in [5, 5.41) is 17.5. The number of halogens is 1. The molecule has 0 unspecified atom stereocenters. The van der Waals surface area contributed by atoms with Gasteiger partial charge in [-0.3, -0.25) is 0 Å². The molecule has 0 aromatic heterocycles. The van der Waals surface area contributed by atoms with Gasteiger partial charge >= 0.3 is 7.12 Å². The van der Waals surface area contributed by atoms with Gasteiger partial charge in [0.25, 0.3) is 0 Å². The van der Waals surface area contributed by atoms with Crippen molar-refractivity contribution in [3.63, 3.8) is 0 Å². The van der Waals surface area contributed by atoms with Crippen LogP contribution in [0.25, 0.3) is 5.03 Å². The summed E-state index contributed by atoms with van der Waals surface area (Å²) in [7, 11) is -1.50. The van der Waals surface area contributed by atoms with Crippen LogP contribution in [0.4, 0.5) is 0 Å². The number of benzene rings is 1. The van der Waals surface area contributed by atoms with Crippen LogP contribution >= 0.6 is 11.6 Å². The summed E-state index contributed by atoms with van der Waals surface area (Å²) in [6, 6.07) is 9.11. The van der Waals surface area contributed by atoms with Gasteiger partial charge in [0.2, 0.25) is 0 Å². The van der Waals surface area contributed by atoms with Crippen molar-refractivity contribution in [2.45, 2.75) is 0 Å². The Kier molecular flexibility index (Phi) is 3.35. The molecule has 2 nitrogen and oxygen atoms in total. The second-order valence-electron chi connectivity index (χ2n) is 2.29. The van der Waals surface area contributed by atoms with Crippen molar-refractivity contribution in [1.82, 2.24) is 0 Å². The minimum atomic E-state index is -1.50. The van der Waals surface area contributed by atoms with Crippen molar-refractivity contribution in [3.8, 4) is 0 Å². The molecule has 0 heterocycles. The first-order valence-corrected chi connectivity index (χ1v) is 3.87. The van der Waals surface area contributed by atoms with Crippen LogP contribution in [-0.2, 0) is 0 Å². The van der Waals surface area contributed by atoms with E-state index in [0.717, 1.165) is 11.5 Å². The topological polar surface area (TPSA) is 40.5 Å². The fourth-order valence-electron chi connectivity index (χ4n) is 0.824. The zero-order chi connectivity index (χ0) is 8.97. The molecular weight excluding hydrogens is 174 g/mol. The van der Waals surface area contributed by atoms with Crippen LogP contribution in [0.15, 0.2) is 36.3 Å². The molecule has 12 heavy (non-hydrogen) atoms. The highest BCUT2D eigenvalue weighted by Gasteiger charge is 2.04. The molecule has 0 saturated carbocycles. The Morgan fingerprint density at radius 3 is 2.33 bits per heavy atom. The van der Waals surface area contributed by atoms with Crippen molar-refractivity contribution in [3.05, 3.63) is 41.9 Å². The molecule has 4 heteroatoms. The van der Waals surface area contributed by atoms with Gasteiger partial charge in [-0.1, -0.05) is 41.9 Å². The van der Waals surface area contributed by atoms with Gasteiger partial charge in [0, 0.05) is 5.03 Å². The Morgan fingerprint density at radius 1 is 1.25 bits per heavy atom. The maximum Gasteiger partial charge on any atom is 0.482 e. The maximum atomic E-state index is 8.58. The van der Waals surface area contributed by atoms with Gasteiger partial charge < -0.3 is 10.0 Å².